The quantitative estimate of drug-likeness (QED) is 0.219. The summed E-state index contributed by atoms with van der Waals surface area (Å²) in [7, 11) is 3.03. The zero-order chi connectivity index (χ0) is 25.7. The van der Waals surface area contributed by atoms with E-state index in [2.05, 4.69) is 20.6 Å². The second kappa shape index (κ2) is 11.3. The molecule has 14 heteroatoms. The van der Waals surface area contributed by atoms with Gasteiger partial charge in [0.1, 0.15) is 29.2 Å². The molecule has 0 bridgehead atoms. The Kier molecular flexibility index (Phi) is 8.00. The molecule has 0 fully saturated rings. The Morgan fingerprint density at radius 2 is 2.14 bits per heavy atom. The molecule has 13 nitrogen and oxygen atoms in total. The second-order valence-corrected chi connectivity index (χ2v) is 8.64. The van der Waals surface area contributed by atoms with Crippen LogP contribution in [-0.4, -0.2) is 64.9 Å². The molecule has 0 saturated heterocycles. The van der Waals surface area contributed by atoms with Gasteiger partial charge in [0.15, 0.2) is 0 Å². The van der Waals surface area contributed by atoms with E-state index in [1.54, 1.807) is 11.7 Å². The molecule has 3 N–H and O–H groups in total. The number of anilines is 3. The summed E-state index contributed by atoms with van der Waals surface area (Å²) in [5.74, 6) is 0.591. The number of hydrogen-bond acceptors (Lipinski definition) is 11. The lowest BCUT2D eigenvalue weighted by Crippen LogP contribution is -2.40. The Morgan fingerprint density at radius 1 is 1.33 bits per heavy atom. The van der Waals surface area contributed by atoms with Crippen LogP contribution in [0.2, 0.25) is 0 Å². The molecule has 4 rings (SSSR count). The Hall–Kier alpha value is -3.72. The molecule has 3 aromatic heterocycles. The Labute approximate surface area is 210 Å². The fourth-order valence-electron chi connectivity index (χ4n) is 3.92. The van der Waals surface area contributed by atoms with Crippen LogP contribution in [0.3, 0.4) is 0 Å². The van der Waals surface area contributed by atoms with Crippen LogP contribution in [0.15, 0.2) is 30.0 Å². The minimum atomic E-state index is -0.754. The Morgan fingerprint density at radius 3 is 2.81 bits per heavy atom. The first-order valence-corrected chi connectivity index (χ1v) is 11.9. The van der Waals surface area contributed by atoms with E-state index < -0.39 is 17.2 Å². The van der Waals surface area contributed by atoms with Gasteiger partial charge in [0.25, 0.3) is 0 Å². The summed E-state index contributed by atoms with van der Waals surface area (Å²) < 4.78 is 10.9. The number of methoxy groups -OCH3 is 2. The summed E-state index contributed by atoms with van der Waals surface area (Å²) in [4.78, 5) is 39.4. The van der Waals surface area contributed by atoms with Gasteiger partial charge in [0, 0.05) is 45.1 Å². The zero-order valence-corrected chi connectivity index (χ0v) is 20.4. The van der Waals surface area contributed by atoms with Gasteiger partial charge in [-0.1, -0.05) is 0 Å². The lowest BCUT2D eigenvalue weighted by molar-refractivity contribution is -0.384. The first-order chi connectivity index (χ1) is 17.5. The number of urea groups is 1. The van der Waals surface area contributed by atoms with Crippen molar-refractivity contribution in [2.24, 2.45) is 0 Å². The molecule has 4 heterocycles. The summed E-state index contributed by atoms with van der Waals surface area (Å²) in [6, 6.07) is 2.85. The van der Waals surface area contributed by atoms with Crippen molar-refractivity contribution in [2.45, 2.75) is 19.1 Å². The van der Waals surface area contributed by atoms with Crippen LogP contribution in [0.1, 0.15) is 24.0 Å². The molecule has 2 amide bonds. The van der Waals surface area contributed by atoms with Crippen LogP contribution in [0, 0.1) is 10.1 Å². The number of aliphatic hydroxyl groups excluding tert-OH is 1. The van der Waals surface area contributed by atoms with Crippen LogP contribution in [0.25, 0.3) is 10.4 Å². The minimum Gasteiger partial charge on any atom is -0.395 e. The molecule has 0 radical (unpaired) electrons. The molecule has 0 saturated carbocycles. The number of nitrogens with one attached hydrogen (secondary N) is 2. The van der Waals surface area contributed by atoms with E-state index in [0.717, 1.165) is 35.0 Å². The maximum atomic E-state index is 13.3. The molecule has 0 spiro atoms. The first kappa shape index (κ1) is 25.4. The molecule has 36 heavy (non-hydrogen) atoms. The van der Waals surface area contributed by atoms with Crippen molar-refractivity contribution in [3.8, 4) is 10.4 Å². The molecule has 0 atom stereocenters. The van der Waals surface area contributed by atoms with Gasteiger partial charge < -0.3 is 19.9 Å². The zero-order valence-electron chi connectivity index (χ0n) is 19.6. The molecule has 0 aromatic carbocycles. The van der Waals surface area contributed by atoms with Crippen molar-refractivity contribution in [1.29, 1.82) is 0 Å². The van der Waals surface area contributed by atoms with Crippen molar-refractivity contribution in [3.05, 3.63) is 51.4 Å². The number of aliphatic hydroxyl groups is 1. The van der Waals surface area contributed by atoms with Crippen molar-refractivity contribution in [2.75, 3.05) is 49.4 Å². The normalized spacial score (nSPS) is 12.9. The number of thiazole rings is 1. The van der Waals surface area contributed by atoms with Crippen LogP contribution >= 0.6 is 11.3 Å². The van der Waals surface area contributed by atoms with Crippen molar-refractivity contribution in [1.82, 2.24) is 15.0 Å². The number of aromatic nitrogens is 3. The highest BCUT2D eigenvalue weighted by molar-refractivity contribution is 7.13. The molecule has 190 valence electrons. The minimum absolute atomic E-state index is 0.104. The van der Waals surface area contributed by atoms with Crippen molar-refractivity contribution in [3.63, 3.8) is 0 Å². The van der Waals surface area contributed by atoms with E-state index in [0.29, 0.717) is 18.1 Å². The smallest absolute Gasteiger partial charge is 0.328 e. The number of ether oxygens (including phenoxy) is 2. The predicted molar refractivity (Wildman–Crippen MR) is 133 cm³/mol. The molecular weight excluding hydrogens is 490 g/mol. The number of nitro groups is 1. The fourth-order valence-corrected chi connectivity index (χ4v) is 4.57. The SMILES string of the molecule is COC(OC)c1nc2c(cc1-c1cncs1)CCCN2C(=O)Nc1cc(NCCO)c([N+](=O)[O-])cn1. The number of fused-ring (bicyclic) bond motifs is 1. The van der Waals surface area contributed by atoms with E-state index in [1.165, 1.54) is 36.5 Å². The van der Waals surface area contributed by atoms with Gasteiger partial charge in [-0.05, 0) is 24.5 Å². The molecular formula is C22H25N7O6S. The summed E-state index contributed by atoms with van der Waals surface area (Å²) in [5.41, 5.74) is 3.83. The van der Waals surface area contributed by atoms with Gasteiger partial charge >= 0.3 is 11.7 Å². The van der Waals surface area contributed by atoms with Gasteiger partial charge in [-0.2, -0.15) is 0 Å². The monoisotopic (exact) mass is 515 g/mol. The van der Waals surface area contributed by atoms with Crippen LogP contribution in [0.4, 0.5) is 27.8 Å². The average molecular weight is 516 g/mol. The highest BCUT2D eigenvalue weighted by Crippen LogP contribution is 2.37. The lowest BCUT2D eigenvalue weighted by atomic mass is 10.0. The Balaban J connectivity index is 1.67. The standard InChI is InChI=1S/C22H25N7O6S/c1-34-21(35-2)19-14(17-11-23-12-36-17)8-13-4-3-6-28(20(13)27-19)22(31)26-18-9-15(24-5-7-30)16(10-25-18)29(32)33/h8-12,21,30H,3-7H2,1-2H3,(H2,24,25,26,31). The molecule has 0 unspecified atom stereocenters. The molecule has 0 aliphatic carbocycles. The maximum Gasteiger partial charge on any atom is 0.328 e. The number of pyridine rings is 2. The van der Waals surface area contributed by atoms with E-state index >= 15 is 0 Å². The number of nitrogens with zero attached hydrogens (tertiary/aromatic N) is 5. The Bertz CT molecular complexity index is 1240. The molecule has 3 aromatic rings. The van der Waals surface area contributed by atoms with Gasteiger partial charge in [0.05, 0.1) is 21.9 Å². The second-order valence-electron chi connectivity index (χ2n) is 7.75. The summed E-state index contributed by atoms with van der Waals surface area (Å²) in [5, 5.41) is 25.8. The van der Waals surface area contributed by atoms with Gasteiger partial charge in [-0.15, -0.1) is 11.3 Å². The third-order valence-corrected chi connectivity index (χ3v) is 6.33. The van der Waals surface area contributed by atoms with Crippen LogP contribution in [0.5, 0.6) is 0 Å². The summed E-state index contributed by atoms with van der Waals surface area (Å²) >= 11 is 1.47. The molecule has 1 aliphatic heterocycles. The van der Waals surface area contributed by atoms with E-state index in [-0.39, 0.29) is 30.3 Å². The third kappa shape index (κ3) is 5.26. The summed E-state index contributed by atoms with van der Waals surface area (Å²) in [6.07, 6.45) is 3.50. The average Bonchev–Trinajstić information content (AvgIpc) is 3.42. The largest absolute Gasteiger partial charge is 0.395 e. The highest BCUT2D eigenvalue weighted by atomic mass is 32.1. The first-order valence-electron chi connectivity index (χ1n) is 11.0. The van der Waals surface area contributed by atoms with Crippen molar-refractivity contribution < 1.29 is 24.3 Å². The summed E-state index contributed by atoms with van der Waals surface area (Å²) in [6.45, 7) is 0.304. The van der Waals surface area contributed by atoms with Gasteiger partial charge in [-0.3, -0.25) is 25.3 Å². The fraction of sp³-hybridized carbons (Fsp3) is 0.364. The predicted octanol–water partition coefficient (Wildman–Crippen LogP) is 3.19. The van der Waals surface area contributed by atoms with Crippen LogP contribution in [-0.2, 0) is 15.9 Å². The number of carbonyl (C=O) groups excluding carboxylic acids is 1. The van der Waals surface area contributed by atoms with Crippen LogP contribution < -0.4 is 15.5 Å². The van der Waals surface area contributed by atoms with E-state index in [1.807, 2.05) is 6.07 Å². The van der Waals surface area contributed by atoms with E-state index in [9.17, 15) is 14.9 Å². The lowest BCUT2D eigenvalue weighted by Gasteiger charge is -2.30. The number of aryl methyl sites for hydroxylation is 1. The number of hydrogen-bond donors (Lipinski definition) is 3. The van der Waals surface area contributed by atoms with Gasteiger partial charge in [0.2, 0.25) is 6.29 Å². The molecule has 1 aliphatic rings. The topological polar surface area (TPSA) is 165 Å². The third-order valence-electron chi connectivity index (χ3n) is 5.53. The van der Waals surface area contributed by atoms with Gasteiger partial charge in [-0.25, -0.2) is 14.8 Å². The number of amides is 2. The highest BCUT2D eigenvalue weighted by Gasteiger charge is 2.29. The number of carbonyl (C=O) groups is 1. The maximum absolute atomic E-state index is 13.3. The van der Waals surface area contributed by atoms with Crippen molar-refractivity contribution >= 4 is 40.4 Å². The number of rotatable bonds is 9. The van der Waals surface area contributed by atoms with E-state index in [4.69, 9.17) is 19.6 Å².